The summed E-state index contributed by atoms with van der Waals surface area (Å²) in [5, 5.41) is 23.3. The Morgan fingerprint density at radius 1 is 0.867 bits per heavy atom. The van der Waals surface area contributed by atoms with Crippen molar-refractivity contribution in [1.82, 2.24) is 21.3 Å². The van der Waals surface area contributed by atoms with E-state index in [4.69, 9.17) is 4.74 Å². The number of ether oxygens (including phenoxy) is 1. The van der Waals surface area contributed by atoms with E-state index in [1.165, 1.54) is 24.5 Å². The molecule has 0 aliphatic rings. The van der Waals surface area contributed by atoms with E-state index in [1.807, 2.05) is 58.0 Å². The molecule has 4 N–H and O–H groups in total. The zero-order chi connectivity index (χ0) is 33.8. The lowest BCUT2D eigenvalue weighted by Crippen LogP contribution is -2.57. The predicted molar refractivity (Wildman–Crippen MR) is 173 cm³/mol. The molecule has 0 aliphatic heterocycles. The molecule has 0 saturated heterocycles. The molecule has 2 rings (SSSR count). The number of pyridine rings is 1. The number of hydrogen-bond donors (Lipinski definition) is 4. The summed E-state index contributed by atoms with van der Waals surface area (Å²) in [6.45, 7) is 15.2. The van der Waals surface area contributed by atoms with Crippen molar-refractivity contribution in [1.29, 1.82) is 0 Å². The maximum absolute atomic E-state index is 13.7. The molecule has 4 atom stereocenters. The van der Waals surface area contributed by atoms with Gasteiger partial charge >= 0.3 is 5.97 Å². The van der Waals surface area contributed by atoms with Gasteiger partial charge in [-0.2, -0.15) is 4.73 Å². The average Bonchev–Trinajstić information content (AvgIpc) is 2.94. The van der Waals surface area contributed by atoms with E-state index >= 15 is 0 Å². The second-order valence-corrected chi connectivity index (χ2v) is 13.6. The number of rotatable bonds is 15. The number of esters is 1. The molecule has 11 nitrogen and oxygen atoms in total. The fraction of sp³-hybridized carbons (Fsp3) is 0.559. The van der Waals surface area contributed by atoms with Crippen LogP contribution < -0.4 is 26.0 Å². The van der Waals surface area contributed by atoms with Crippen LogP contribution in [0.25, 0.3) is 0 Å². The van der Waals surface area contributed by atoms with Gasteiger partial charge < -0.3 is 31.2 Å². The van der Waals surface area contributed by atoms with E-state index in [2.05, 4.69) is 21.3 Å². The summed E-state index contributed by atoms with van der Waals surface area (Å²) in [6.07, 6.45) is 4.26. The highest BCUT2D eigenvalue weighted by Crippen LogP contribution is 2.21. The van der Waals surface area contributed by atoms with Crippen molar-refractivity contribution in [3.8, 4) is 0 Å². The van der Waals surface area contributed by atoms with Gasteiger partial charge in [-0.1, -0.05) is 64.4 Å². The largest absolute Gasteiger partial charge is 0.619 e. The molecule has 0 spiro atoms. The highest BCUT2D eigenvalue weighted by atomic mass is 16.6. The Bertz CT molecular complexity index is 1250. The SMILES string of the molecule is CCC[C@H](NC(=O)[C@H](CC(C)(C)C)NC(=O)c1cc[n+]([O-])cc1)C(=O)N[C@H](CN[C@@H](C)C(=O)OC(C)(C)C)Cc1ccccc1. The summed E-state index contributed by atoms with van der Waals surface area (Å²) in [5.74, 6) is -1.72. The first kappa shape index (κ1) is 37.2. The Labute approximate surface area is 267 Å². The molecule has 0 bridgehead atoms. The van der Waals surface area contributed by atoms with Crippen molar-refractivity contribution in [3.05, 3.63) is 71.2 Å². The number of carbonyl (C=O) groups is 4. The summed E-state index contributed by atoms with van der Waals surface area (Å²) in [4.78, 5) is 52.7. The van der Waals surface area contributed by atoms with E-state index in [0.717, 1.165) is 5.56 Å². The van der Waals surface area contributed by atoms with Gasteiger partial charge in [-0.15, -0.1) is 0 Å². The van der Waals surface area contributed by atoms with Crippen molar-refractivity contribution in [2.24, 2.45) is 5.41 Å². The zero-order valence-corrected chi connectivity index (χ0v) is 27.9. The topological polar surface area (TPSA) is 153 Å². The summed E-state index contributed by atoms with van der Waals surface area (Å²) in [7, 11) is 0. The zero-order valence-electron chi connectivity index (χ0n) is 27.9. The van der Waals surface area contributed by atoms with Crippen LogP contribution in [0.15, 0.2) is 54.9 Å². The van der Waals surface area contributed by atoms with Crippen LogP contribution in [0.1, 0.15) is 90.6 Å². The highest BCUT2D eigenvalue weighted by Gasteiger charge is 2.31. The van der Waals surface area contributed by atoms with Crippen molar-refractivity contribution in [3.63, 3.8) is 0 Å². The molecular weight excluding hydrogens is 574 g/mol. The van der Waals surface area contributed by atoms with Gasteiger partial charge in [0.05, 0.1) is 5.56 Å². The van der Waals surface area contributed by atoms with Crippen LogP contribution in [0.4, 0.5) is 0 Å². The lowest BCUT2D eigenvalue weighted by atomic mass is 9.87. The van der Waals surface area contributed by atoms with Gasteiger partial charge in [-0.3, -0.25) is 19.2 Å². The van der Waals surface area contributed by atoms with Crippen LogP contribution in [0.3, 0.4) is 0 Å². The monoisotopic (exact) mass is 625 g/mol. The molecule has 11 heteroatoms. The van der Waals surface area contributed by atoms with E-state index in [9.17, 15) is 24.4 Å². The quantitative estimate of drug-likeness (QED) is 0.135. The van der Waals surface area contributed by atoms with Crippen LogP contribution in [0.2, 0.25) is 0 Å². The molecule has 45 heavy (non-hydrogen) atoms. The Hall–Kier alpha value is -3.99. The molecule has 1 aromatic carbocycles. The van der Waals surface area contributed by atoms with Crippen LogP contribution in [-0.2, 0) is 25.5 Å². The Morgan fingerprint density at radius 3 is 2.02 bits per heavy atom. The van der Waals surface area contributed by atoms with Crippen molar-refractivity contribution in [2.45, 2.75) is 111 Å². The number of benzene rings is 1. The van der Waals surface area contributed by atoms with E-state index in [1.54, 1.807) is 27.7 Å². The fourth-order valence-electron chi connectivity index (χ4n) is 4.62. The Morgan fingerprint density at radius 2 is 1.47 bits per heavy atom. The minimum Gasteiger partial charge on any atom is -0.619 e. The summed E-state index contributed by atoms with van der Waals surface area (Å²) < 4.78 is 6.05. The minimum absolute atomic E-state index is 0.244. The lowest BCUT2D eigenvalue weighted by molar-refractivity contribution is -0.605. The van der Waals surface area contributed by atoms with Gasteiger partial charge in [0.2, 0.25) is 11.8 Å². The average molecular weight is 626 g/mol. The number of nitrogens with one attached hydrogen (secondary N) is 4. The number of amides is 3. The van der Waals surface area contributed by atoms with Crippen molar-refractivity contribution < 1.29 is 28.6 Å². The maximum atomic E-state index is 13.7. The van der Waals surface area contributed by atoms with Crippen LogP contribution >= 0.6 is 0 Å². The molecule has 0 radical (unpaired) electrons. The van der Waals surface area contributed by atoms with Gasteiger partial charge in [-0.25, -0.2) is 0 Å². The second-order valence-electron chi connectivity index (χ2n) is 13.6. The first-order valence-electron chi connectivity index (χ1n) is 15.6. The van der Waals surface area contributed by atoms with E-state index in [0.29, 0.717) is 30.4 Å². The van der Waals surface area contributed by atoms with Crippen molar-refractivity contribution in [2.75, 3.05) is 6.54 Å². The smallest absolute Gasteiger partial charge is 0.323 e. The number of aromatic nitrogens is 1. The molecule has 1 heterocycles. The van der Waals surface area contributed by atoms with E-state index in [-0.39, 0.29) is 23.4 Å². The first-order valence-corrected chi connectivity index (χ1v) is 15.6. The van der Waals surface area contributed by atoms with Gasteiger partial charge in [0.25, 0.3) is 5.91 Å². The predicted octanol–water partition coefficient (Wildman–Crippen LogP) is 3.19. The van der Waals surface area contributed by atoms with Gasteiger partial charge in [0.15, 0.2) is 12.4 Å². The van der Waals surface area contributed by atoms with Crippen LogP contribution in [0, 0.1) is 10.6 Å². The van der Waals surface area contributed by atoms with Gasteiger partial charge in [0.1, 0.15) is 23.7 Å². The first-order chi connectivity index (χ1) is 21.0. The molecule has 0 fully saturated rings. The third-order valence-electron chi connectivity index (χ3n) is 6.81. The van der Waals surface area contributed by atoms with Crippen molar-refractivity contribution >= 4 is 23.7 Å². The highest BCUT2D eigenvalue weighted by molar-refractivity contribution is 5.98. The van der Waals surface area contributed by atoms with Crippen LogP contribution in [0.5, 0.6) is 0 Å². The lowest BCUT2D eigenvalue weighted by Gasteiger charge is -2.29. The molecule has 0 aliphatic carbocycles. The fourth-order valence-corrected chi connectivity index (χ4v) is 4.62. The maximum Gasteiger partial charge on any atom is 0.323 e. The van der Waals surface area contributed by atoms with Crippen LogP contribution in [-0.4, -0.2) is 60.0 Å². The molecule has 248 valence electrons. The third kappa shape index (κ3) is 14.1. The summed E-state index contributed by atoms with van der Waals surface area (Å²) >= 11 is 0. The Kier molecular flexibility index (Phi) is 14.0. The molecular formula is C34H51N5O6. The van der Waals surface area contributed by atoms with Gasteiger partial charge in [0, 0.05) is 24.7 Å². The van der Waals surface area contributed by atoms with E-state index < -0.39 is 47.6 Å². The number of carbonyl (C=O) groups excluding carboxylic acids is 4. The third-order valence-corrected chi connectivity index (χ3v) is 6.81. The Balaban J connectivity index is 2.19. The minimum atomic E-state index is -0.916. The van der Waals surface area contributed by atoms with Gasteiger partial charge in [-0.05, 0) is 57.9 Å². The molecule has 1 aromatic heterocycles. The molecule has 0 unspecified atom stereocenters. The molecule has 3 amide bonds. The summed E-state index contributed by atoms with van der Waals surface area (Å²) in [6, 6.07) is 9.68. The molecule has 2 aromatic rings. The number of hydrogen-bond acceptors (Lipinski definition) is 7. The standard InChI is InChI=1S/C34H51N5O6/c1-9-13-27(37-31(42)28(21-33(3,4)5)38-29(40)25-16-18-39(44)19-17-25)30(41)36-26(20-24-14-11-10-12-15-24)22-35-23(2)32(43)45-34(6,7)8/h10-12,14-19,23,26-28,35H,9,13,20-22H2,1-8H3,(H,36,41)(H,37,42)(H,38,40)/t23-,26-,27-,28-/m0/s1. The number of nitrogens with zero attached hydrogens (tertiary/aromatic N) is 1. The molecule has 0 saturated carbocycles. The summed E-state index contributed by atoms with van der Waals surface area (Å²) in [5.41, 5.74) is 0.306. The normalized spacial score (nSPS) is 14.4. The second kappa shape index (κ2) is 16.9.